The molecule has 0 radical (unpaired) electrons. The number of pyridine rings is 1. The normalized spacial score (nSPS) is 12.1. The summed E-state index contributed by atoms with van der Waals surface area (Å²) >= 11 is 3.37. The molecule has 1 N–H and O–H groups in total. The van der Waals surface area contributed by atoms with Gasteiger partial charge in [-0.25, -0.2) is 9.67 Å². The summed E-state index contributed by atoms with van der Waals surface area (Å²) in [4.78, 5) is 4.30. The fourth-order valence-electron chi connectivity index (χ4n) is 1.94. The minimum atomic E-state index is 0.0242. The molecule has 6 heteroatoms. The van der Waals surface area contributed by atoms with Crippen LogP contribution in [0.1, 0.15) is 18.7 Å². The van der Waals surface area contributed by atoms with Gasteiger partial charge in [-0.2, -0.15) is 0 Å². The zero-order valence-electron chi connectivity index (χ0n) is 11.4. The zero-order chi connectivity index (χ0) is 14.7. The molecule has 0 aliphatic carbocycles. The van der Waals surface area contributed by atoms with Crippen LogP contribution in [-0.4, -0.2) is 20.0 Å². The highest BCUT2D eigenvalue weighted by Gasteiger charge is 2.11. The summed E-state index contributed by atoms with van der Waals surface area (Å²) in [6.45, 7) is 2.03. The molecule has 3 aromatic rings. The highest BCUT2D eigenvalue weighted by atomic mass is 79.9. The molecule has 1 atom stereocenters. The van der Waals surface area contributed by atoms with Crippen LogP contribution < -0.4 is 5.32 Å². The molecule has 106 valence electrons. The Morgan fingerprint density at radius 3 is 2.67 bits per heavy atom. The van der Waals surface area contributed by atoms with Crippen molar-refractivity contribution in [1.29, 1.82) is 0 Å². The number of nitrogens with one attached hydrogen (secondary N) is 1. The van der Waals surface area contributed by atoms with Gasteiger partial charge in [-0.05, 0) is 47.1 Å². The minimum absolute atomic E-state index is 0.0242. The molecule has 0 bridgehead atoms. The number of hydrogen-bond donors (Lipinski definition) is 1. The maximum Gasteiger partial charge on any atom is 0.126 e. The molecule has 0 aliphatic rings. The number of rotatable bonds is 4. The van der Waals surface area contributed by atoms with Crippen LogP contribution in [0.5, 0.6) is 0 Å². The van der Waals surface area contributed by atoms with Crippen LogP contribution in [-0.2, 0) is 0 Å². The Labute approximate surface area is 131 Å². The van der Waals surface area contributed by atoms with Gasteiger partial charge in [-0.1, -0.05) is 23.4 Å². The Morgan fingerprint density at radius 1 is 1.14 bits per heavy atom. The summed E-state index contributed by atoms with van der Waals surface area (Å²) < 4.78 is 2.72. The van der Waals surface area contributed by atoms with Crippen LogP contribution in [0.2, 0.25) is 0 Å². The van der Waals surface area contributed by atoms with E-state index in [0.29, 0.717) is 0 Å². The highest BCUT2D eigenvalue weighted by molar-refractivity contribution is 9.10. The summed E-state index contributed by atoms with van der Waals surface area (Å²) in [5.74, 6) is 0.806. The van der Waals surface area contributed by atoms with Crippen LogP contribution in [0.15, 0.2) is 59.3 Å². The van der Waals surface area contributed by atoms with E-state index in [4.69, 9.17) is 0 Å². The monoisotopic (exact) mass is 343 g/mol. The van der Waals surface area contributed by atoms with Crippen LogP contribution in [0.4, 0.5) is 5.82 Å². The molecule has 5 nitrogen and oxygen atoms in total. The lowest BCUT2D eigenvalue weighted by atomic mass is 10.2. The van der Waals surface area contributed by atoms with E-state index in [1.807, 2.05) is 55.6 Å². The molecule has 0 amide bonds. The van der Waals surface area contributed by atoms with Crippen molar-refractivity contribution in [1.82, 2.24) is 20.0 Å². The molecule has 1 unspecified atom stereocenters. The van der Waals surface area contributed by atoms with Crippen LogP contribution in [0.25, 0.3) is 5.69 Å². The van der Waals surface area contributed by atoms with Gasteiger partial charge in [0, 0.05) is 10.7 Å². The van der Waals surface area contributed by atoms with E-state index in [-0.39, 0.29) is 6.04 Å². The third kappa shape index (κ3) is 3.28. The third-order valence-electron chi connectivity index (χ3n) is 3.07. The number of halogens is 1. The Kier molecular flexibility index (Phi) is 3.96. The predicted molar refractivity (Wildman–Crippen MR) is 85.3 cm³/mol. The van der Waals surface area contributed by atoms with Gasteiger partial charge in [-0.3, -0.25) is 0 Å². The average Bonchev–Trinajstić information content (AvgIpc) is 3.00. The number of anilines is 1. The van der Waals surface area contributed by atoms with Gasteiger partial charge in [0.1, 0.15) is 11.5 Å². The molecule has 2 heterocycles. The number of nitrogens with zero attached hydrogens (tertiary/aromatic N) is 4. The standard InChI is InChI=1S/C15H14BrN5/c1-11(18-15-8-7-12(16)9-17-15)14-10-21(20-19-14)13-5-3-2-4-6-13/h2-11H,1H3,(H,17,18). The Balaban J connectivity index is 1.75. The Hall–Kier alpha value is -2.21. The fraction of sp³-hybridized carbons (Fsp3) is 0.133. The Bertz CT molecular complexity index is 708. The highest BCUT2D eigenvalue weighted by Crippen LogP contribution is 2.18. The minimum Gasteiger partial charge on any atom is -0.362 e. The topological polar surface area (TPSA) is 55.6 Å². The fourth-order valence-corrected chi connectivity index (χ4v) is 2.17. The van der Waals surface area contributed by atoms with Crippen molar-refractivity contribution in [3.63, 3.8) is 0 Å². The molecule has 0 fully saturated rings. The second kappa shape index (κ2) is 6.05. The van der Waals surface area contributed by atoms with Gasteiger partial charge in [-0.15, -0.1) is 5.10 Å². The average molecular weight is 344 g/mol. The lowest BCUT2D eigenvalue weighted by Crippen LogP contribution is -2.08. The number of aromatic nitrogens is 4. The largest absolute Gasteiger partial charge is 0.362 e. The van der Waals surface area contributed by atoms with Crippen molar-refractivity contribution in [2.24, 2.45) is 0 Å². The van der Waals surface area contributed by atoms with E-state index >= 15 is 0 Å². The number of hydrogen-bond acceptors (Lipinski definition) is 4. The first-order valence-corrected chi connectivity index (χ1v) is 7.37. The lowest BCUT2D eigenvalue weighted by molar-refractivity contribution is 0.779. The van der Waals surface area contributed by atoms with Crippen molar-refractivity contribution in [2.75, 3.05) is 5.32 Å². The van der Waals surface area contributed by atoms with Crippen molar-refractivity contribution in [3.05, 3.63) is 65.0 Å². The van der Waals surface area contributed by atoms with E-state index in [1.165, 1.54) is 0 Å². The molecular formula is C15H14BrN5. The zero-order valence-corrected chi connectivity index (χ0v) is 13.0. The van der Waals surface area contributed by atoms with Gasteiger partial charge in [0.15, 0.2) is 0 Å². The molecule has 0 spiro atoms. The van der Waals surface area contributed by atoms with Gasteiger partial charge >= 0.3 is 0 Å². The quantitative estimate of drug-likeness (QED) is 0.786. The van der Waals surface area contributed by atoms with E-state index in [2.05, 4.69) is 36.5 Å². The summed E-state index contributed by atoms with van der Waals surface area (Å²) in [7, 11) is 0. The first-order chi connectivity index (χ1) is 10.2. The van der Waals surface area contributed by atoms with Crippen LogP contribution in [0, 0.1) is 0 Å². The predicted octanol–water partition coefficient (Wildman–Crippen LogP) is 3.60. The molecule has 21 heavy (non-hydrogen) atoms. The summed E-state index contributed by atoms with van der Waals surface area (Å²) in [5, 5.41) is 11.7. The van der Waals surface area contributed by atoms with Crippen molar-refractivity contribution < 1.29 is 0 Å². The summed E-state index contributed by atoms with van der Waals surface area (Å²) in [5.41, 5.74) is 1.86. The Morgan fingerprint density at radius 2 is 1.95 bits per heavy atom. The van der Waals surface area contributed by atoms with E-state index in [9.17, 15) is 0 Å². The smallest absolute Gasteiger partial charge is 0.126 e. The van der Waals surface area contributed by atoms with E-state index in [1.54, 1.807) is 10.9 Å². The molecule has 1 aromatic carbocycles. The second-order valence-electron chi connectivity index (χ2n) is 4.65. The van der Waals surface area contributed by atoms with E-state index in [0.717, 1.165) is 21.7 Å². The van der Waals surface area contributed by atoms with Gasteiger partial charge in [0.2, 0.25) is 0 Å². The molecule has 2 aromatic heterocycles. The van der Waals surface area contributed by atoms with Crippen LogP contribution in [0.3, 0.4) is 0 Å². The van der Waals surface area contributed by atoms with Crippen molar-refractivity contribution in [2.45, 2.75) is 13.0 Å². The molecule has 0 aliphatic heterocycles. The molecular weight excluding hydrogens is 330 g/mol. The maximum absolute atomic E-state index is 4.30. The molecule has 0 saturated carbocycles. The second-order valence-corrected chi connectivity index (χ2v) is 5.57. The van der Waals surface area contributed by atoms with Crippen molar-refractivity contribution in [3.8, 4) is 5.69 Å². The SMILES string of the molecule is CC(Nc1ccc(Br)cn1)c1cn(-c2ccccc2)nn1. The molecule has 3 rings (SSSR count). The summed E-state index contributed by atoms with van der Waals surface area (Å²) in [6, 6.07) is 13.8. The molecule has 0 saturated heterocycles. The van der Waals surface area contributed by atoms with E-state index < -0.39 is 0 Å². The van der Waals surface area contributed by atoms with Gasteiger partial charge in [0.05, 0.1) is 17.9 Å². The third-order valence-corrected chi connectivity index (χ3v) is 3.54. The van der Waals surface area contributed by atoms with Gasteiger partial charge in [0.25, 0.3) is 0 Å². The first-order valence-electron chi connectivity index (χ1n) is 6.58. The lowest BCUT2D eigenvalue weighted by Gasteiger charge is -2.11. The summed E-state index contributed by atoms with van der Waals surface area (Å²) in [6.07, 6.45) is 3.68. The van der Waals surface area contributed by atoms with Gasteiger partial charge < -0.3 is 5.32 Å². The maximum atomic E-state index is 4.30. The number of para-hydroxylation sites is 1. The van der Waals surface area contributed by atoms with Crippen LogP contribution >= 0.6 is 15.9 Å². The van der Waals surface area contributed by atoms with Crippen molar-refractivity contribution >= 4 is 21.7 Å². The number of benzene rings is 1. The first kappa shape index (κ1) is 13.8.